The fraction of sp³-hybridized carbons (Fsp3) is 0.579. The molecule has 0 aliphatic carbocycles. The van der Waals surface area contributed by atoms with E-state index in [4.69, 9.17) is 16.3 Å². The van der Waals surface area contributed by atoms with Crippen LogP contribution in [0.5, 0.6) is 0 Å². The summed E-state index contributed by atoms with van der Waals surface area (Å²) in [5.74, 6) is 0.606. The van der Waals surface area contributed by atoms with Gasteiger partial charge in [-0.15, -0.1) is 24.0 Å². The Kier molecular flexibility index (Phi) is 11.7. The summed E-state index contributed by atoms with van der Waals surface area (Å²) in [5.41, 5.74) is 1.19. The number of carbonyl (C=O) groups is 1. The molecule has 0 saturated carbocycles. The predicted molar refractivity (Wildman–Crippen MR) is 125 cm³/mol. The maximum absolute atomic E-state index is 11.8. The summed E-state index contributed by atoms with van der Waals surface area (Å²) in [6.45, 7) is 6.73. The van der Waals surface area contributed by atoms with E-state index in [9.17, 15) is 4.79 Å². The average Bonchev–Trinajstić information content (AvgIpc) is 2.68. The van der Waals surface area contributed by atoms with Crippen molar-refractivity contribution in [2.45, 2.75) is 13.0 Å². The summed E-state index contributed by atoms with van der Waals surface area (Å²) in [5, 5.41) is 7.30. The van der Waals surface area contributed by atoms with Crippen LogP contribution in [0.25, 0.3) is 0 Å². The number of nitrogens with one attached hydrogen (secondary N) is 2. The van der Waals surface area contributed by atoms with Crippen LogP contribution in [0.1, 0.15) is 18.5 Å². The summed E-state index contributed by atoms with van der Waals surface area (Å²) >= 11 is 6.05. The Morgan fingerprint density at radius 3 is 2.46 bits per heavy atom. The molecular formula is C19H31ClIN5O2. The van der Waals surface area contributed by atoms with Gasteiger partial charge in [0, 0.05) is 45.3 Å². The number of aliphatic imine (C=N–C) groups is 1. The van der Waals surface area contributed by atoms with E-state index in [1.54, 1.807) is 14.1 Å². The molecule has 0 spiro atoms. The molecule has 9 heteroatoms. The SMILES string of the molecule is CCNC(=NCC(=O)N(C)C)NCC(c1ccc(Cl)cc1)N1CCOCC1.I. The number of carbonyl (C=O) groups excluding carboxylic acids is 1. The molecule has 0 bridgehead atoms. The van der Waals surface area contributed by atoms with Gasteiger partial charge < -0.3 is 20.3 Å². The monoisotopic (exact) mass is 523 g/mol. The molecule has 1 aromatic carbocycles. The van der Waals surface area contributed by atoms with Gasteiger partial charge in [-0.25, -0.2) is 4.99 Å². The molecule has 1 amide bonds. The van der Waals surface area contributed by atoms with E-state index < -0.39 is 0 Å². The van der Waals surface area contributed by atoms with E-state index in [2.05, 4.69) is 32.7 Å². The van der Waals surface area contributed by atoms with Crippen LogP contribution in [-0.4, -0.2) is 81.7 Å². The minimum Gasteiger partial charge on any atom is -0.379 e. The Labute approximate surface area is 189 Å². The van der Waals surface area contributed by atoms with Crippen molar-refractivity contribution in [1.82, 2.24) is 20.4 Å². The minimum atomic E-state index is -0.0327. The lowest BCUT2D eigenvalue weighted by Gasteiger charge is -2.35. The molecule has 2 rings (SSSR count). The highest BCUT2D eigenvalue weighted by Gasteiger charge is 2.23. The fourth-order valence-corrected chi connectivity index (χ4v) is 2.98. The molecule has 2 N–H and O–H groups in total. The van der Waals surface area contributed by atoms with Crippen molar-refractivity contribution in [3.8, 4) is 0 Å². The highest BCUT2D eigenvalue weighted by Crippen LogP contribution is 2.23. The average molecular weight is 524 g/mol. The fourth-order valence-electron chi connectivity index (χ4n) is 2.86. The van der Waals surface area contributed by atoms with Crippen molar-refractivity contribution in [2.24, 2.45) is 4.99 Å². The van der Waals surface area contributed by atoms with Crippen molar-refractivity contribution < 1.29 is 9.53 Å². The molecule has 1 fully saturated rings. The number of rotatable bonds is 7. The van der Waals surface area contributed by atoms with Gasteiger partial charge in [0.05, 0.1) is 19.3 Å². The second kappa shape index (κ2) is 13.2. The van der Waals surface area contributed by atoms with E-state index >= 15 is 0 Å². The molecule has 1 unspecified atom stereocenters. The second-order valence-electron chi connectivity index (χ2n) is 6.58. The number of ether oxygens (including phenoxy) is 1. The Bertz CT molecular complexity index is 621. The highest BCUT2D eigenvalue weighted by atomic mass is 127. The van der Waals surface area contributed by atoms with Crippen LogP contribution in [0.4, 0.5) is 0 Å². The molecule has 0 radical (unpaired) electrons. The van der Waals surface area contributed by atoms with Crippen LogP contribution >= 0.6 is 35.6 Å². The van der Waals surface area contributed by atoms with Gasteiger partial charge in [-0.2, -0.15) is 0 Å². The maximum Gasteiger partial charge on any atom is 0.243 e. The zero-order valence-electron chi connectivity index (χ0n) is 16.8. The van der Waals surface area contributed by atoms with Crippen LogP contribution in [-0.2, 0) is 9.53 Å². The molecule has 1 aromatic rings. The van der Waals surface area contributed by atoms with Crippen LogP contribution < -0.4 is 10.6 Å². The number of hydrogen-bond acceptors (Lipinski definition) is 4. The Morgan fingerprint density at radius 2 is 1.89 bits per heavy atom. The minimum absolute atomic E-state index is 0. The van der Waals surface area contributed by atoms with Crippen molar-refractivity contribution in [1.29, 1.82) is 0 Å². The molecule has 1 aliphatic rings. The van der Waals surface area contributed by atoms with Crippen molar-refractivity contribution in [3.05, 3.63) is 34.9 Å². The lowest BCUT2D eigenvalue weighted by molar-refractivity contribution is -0.127. The van der Waals surface area contributed by atoms with Crippen LogP contribution in [0, 0.1) is 0 Å². The Hall–Kier alpha value is -1.10. The van der Waals surface area contributed by atoms with Gasteiger partial charge in [-0.3, -0.25) is 9.69 Å². The number of nitrogens with zero attached hydrogens (tertiary/aromatic N) is 3. The molecule has 0 aromatic heterocycles. The van der Waals surface area contributed by atoms with Gasteiger partial charge in [0.25, 0.3) is 0 Å². The van der Waals surface area contributed by atoms with E-state index in [-0.39, 0.29) is 42.5 Å². The Morgan fingerprint density at radius 1 is 1.25 bits per heavy atom. The summed E-state index contributed by atoms with van der Waals surface area (Å²) in [6.07, 6.45) is 0. The van der Waals surface area contributed by atoms with Crippen molar-refractivity contribution >= 4 is 47.4 Å². The molecule has 7 nitrogen and oxygen atoms in total. The molecule has 1 atom stereocenters. The highest BCUT2D eigenvalue weighted by molar-refractivity contribution is 14.0. The first kappa shape index (κ1) is 24.9. The first-order chi connectivity index (χ1) is 13.0. The number of morpholine rings is 1. The van der Waals surface area contributed by atoms with Crippen LogP contribution in [0.3, 0.4) is 0 Å². The summed E-state index contributed by atoms with van der Waals surface area (Å²) in [7, 11) is 3.46. The van der Waals surface area contributed by atoms with Gasteiger partial charge in [-0.1, -0.05) is 23.7 Å². The summed E-state index contributed by atoms with van der Waals surface area (Å²) in [4.78, 5) is 20.2. The molecule has 1 saturated heterocycles. The van der Waals surface area contributed by atoms with Gasteiger partial charge in [0.2, 0.25) is 5.91 Å². The maximum atomic E-state index is 11.8. The van der Waals surface area contributed by atoms with Crippen molar-refractivity contribution in [2.75, 3.05) is 60.0 Å². The van der Waals surface area contributed by atoms with E-state index in [0.717, 1.165) is 37.9 Å². The number of amides is 1. The number of halogens is 2. The molecule has 1 heterocycles. The lowest BCUT2D eigenvalue weighted by Crippen LogP contribution is -2.46. The van der Waals surface area contributed by atoms with E-state index in [0.29, 0.717) is 12.5 Å². The van der Waals surface area contributed by atoms with Gasteiger partial charge >= 0.3 is 0 Å². The van der Waals surface area contributed by atoms with E-state index in [1.165, 1.54) is 10.5 Å². The van der Waals surface area contributed by atoms with Crippen molar-refractivity contribution in [3.63, 3.8) is 0 Å². The Balaban J connectivity index is 0.00000392. The third-order valence-corrected chi connectivity index (χ3v) is 4.67. The van der Waals surface area contributed by atoms with Crippen LogP contribution in [0.2, 0.25) is 5.02 Å². The first-order valence-electron chi connectivity index (χ1n) is 9.31. The topological polar surface area (TPSA) is 69.2 Å². The number of benzene rings is 1. The molecule has 1 aliphatic heterocycles. The smallest absolute Gasteiger partial charge is 0.243 e. The third kappa shape index (κ3) is 8.10. The zero-order chi connectivity index (χ0) is 19.6. The van der Waals surface area contributed by atoms with E-state index in [1.807, 2.05) is 19.1 Å². The second-order valence-corrected chi connectivity index (χ2v) is 7.02. The predicted octanol–water partition coefficient (Wildman–Crippen LogP) is 1.97. The summed E-state index contributed by atoms with van der Waals surface area (Å²) in [6, 6.07) is 8.12. The first-order valence-corrected chi connectivity index (χ1v) is 9.68. The normalized spacial score (nSPS) is 16.1. The standard InChI is InChI=1S/C19H30ClN5O2.HI/c1-4-21-19(23-14-18(26)24(2)3)22-13-17(25-9-11-27-12-10-25)15-5-7-16(20)8-6-15;/h5-8,17H,4,9-14H2,1-3H3,(H2,21,22,23);1H. The van der Waals surface area contributed by atoms with Gasteiger partial charge in [-0.05, 0) is 24.6 Å². The zero-order valence-corrected chi connectivity index (χ0v) is 19.9. The van der Waals surface area contributed by atoms with Gasteiger partial charge in [0.15, 0.2) is 5.96 Å². The molecule has 28 heavy (non-hydrogen) atoms. The number of likely N-dealkylation sites (N-methyl/N-ethyl adjacent to an activating group) is 1. The number of hydrogen-bond donors (Lipinski definition) is 2. The van der Waals surface area contributed by atoms with Gasteiger partial charge in [0.1, 0.15) is 6.54 Å². The number of guanidine groups is 1. The third-order valence-electron chi connectivity index (χ3n) is 4.42. The largest absolute Gasteiger partial charge is 0.379 e. The quantitative estimate of drug-likeness (QED) is 0.325. The molecule has 158 valence electrons. The van der Waals surface area contributed by atoms with Crippen LogP contribution in [0.15, 0.2) is 29.3 Å². The summed E-state index contributed by atoms with van der Waals surface area (Å²) < 4.78 is 5.49. The lowest BCUT2D eigenvalue weighted by atomic mass is 10.0. The molecular weight excluding hydrogens is 493 g/mol.